The lowest BCUT2D eigenvalue weighted by Gasteiger charge is -2.13. The minimum Gasteiger partial charge on any atom is -0.497 e. The molecule has 27 heavy (non-hydrogen) atoms. The van der Waals surface area contributed by atoms with E-state index in [1.54, 1.807) is 25.6 Å². The van der Waals surface area contributed by atoms with E-state index in [2.05, 4.69) is 22.5 Å². The third-order valence-corrected chi connectivity index (χ3v) is 4.36. The topological polar surface area (TPSA) is 63.2 Å². The van der Waals surface area contributed by atoms with Crippen LogP contribution in [0.5, 0.6) is 5.75 Å². The zero-order chi connectivity index (χ0) is 19.2. The zero-order valence-corrected chi connectivity index (χ0v) is 15.7. The molecule has 2 aromatic carbocycles. The van der Waals surface area contributed by atoms with E-state index in [1.165, 1.54) is 0 Å². The first-order valence-corrected chi connectivity index (χ1v) is 8.86. The van der Waals surface area contributed by atoms with E-state index < -0.39 is 0 Å². The van der Waals surface area contributed by atoms with Gasteiger partial charge < -0.3 is 15.4 Å². The summed E-state index contributed by atoms with van der Waals surface area (Å²) in [5.74, 6) is 0.613. The first kappa shape index (κ1) is 18.5. The summed E-state index contributed by atoms with van der Waals surface area (Å²) in [7, 11) is 1.63. The number of aromatic nitrogens is 1. The van der Waals surface area contributed by atoms with Gasteiger partial charge in [-0.05, 0) is 54.8 Å². The van der Waals surface area contributed by atoms with E-state index in [9.17, 15) is 4.79 Å². The van der Waals surface area contributed by atoms with Crippen molar-refractivity contribution in [1.82, 2.24) is 4.98 Å². The molecule has 0 aliphatic carbocycles. The van der Waals surface area contributed by atoms with Gasteiger partial charge in [0.1, 0.15) is 5.75 Å². The van der Waals surface area contributed by atoms with E-state index in [4.69, 9.17) is 4.74 Å². The Balaban J connectivity index is 1.77. The summed E-state index contributed by atoms with van der Waals surface area (Å²) < 4.78 is 5.16. The molecule has 0 aliphatic rings. The number of hydrogen-bond donors (Lipinski definition) is 2. The molecular formula is C22H23N3O2. The largest absolute Gasteiger partial charge is 0.497 e. The van der Waals surface area contributed by atoms with Crippen molar-refractivity contribution in [2.75, 3.05) is 17.7 Å². The number of para-hydroxylation sites is 1. The third-order valence-electron chi connectivity index (χ3n) is 4.36. The van der Waals surface area contributed by atoms with Crippen LogP contribution >= 0.6 is 0 Å². The molecule has 0 fully saturated rings. The molecule has 0 unspecified atom stereocenters. The zero-order valence-electron chi connectivity index (χ0n) is 15.7. The van der Waals surface area contributed by atoms with E-state index in [-0.39, 0.29) is 5.91 Å². The summed E-state index contributed by atoms with van der Waals surface area (Å²) in [5.41, 5.74) is 5.17. The highest BCUT2D eigenvalue weighted by molar-refractivity contribution is 6.05. The molecule has 1 aromatic heterocycles. The number of nitrogens with one attached hydrogen (secondary N) is 2. The number of pyridine rings is 1. The van der Waals surface area contributed by atoms with Crippen LogP contribution in [-0.2, 0) is 6.42 Å². The highest BCUT2D eigenvalue weighted by atomic mass is 16.5. The third kappa shape index (κ3) is 4.44. The van der Waals surface area contributed by atoms with Crippen LogP contribution in [0.3, 0.4) is 0 Å². The number of nitrogens with zero attached hydrogens (tertiary/aromatic N) is 1. The molecule has 138 valence electrons. The Kier molecular flexibility index (Phi) is 5.71. The van der Waals surface area contributed by atoms with Crippen LogP contribution in [0, 0.1) is 6.92 Å². The number of amides is 1. The molecule has 0 saturated carbocycles. The summed E-state index contributed by atoms with van der Waals surface area (Å²) >= 11 is 0. The molecule has 3 rings (SSSR count). The first-order valence-electron chi connectivity index (χ1n) is 8.86. The fourth-order valence-corrected chi connectivity index (χ4v) is 2.86. The summed E-state index contributed by atoms with van der Waals surface area (Å²) in [4.78, 5) is 16.9. The Labute approximate surface area is 159 Å². The smallest absolute Gasteiger partial charge is 0.257 e. The summed E-state index contributed by atoms with van der Waals surface area (Å²) in [6.45, 7) is 4.07. The molecule has 2 N–H and O–H groups in total. The minimum absolute atomic E-state index is 0.176. The van der Waals surface area contributed by atoms with Gasteiger partial charge in [0.25, 0.3) is 5.91 Å². The highest BCUT2D eigenvalue weighted by Gasteiger charge is 2.12. The molecule has 1 amide bonds. The lowest BCUT2D eigenvalue weighted by Crippen LogP contribution is -2.14. The normalized spacial score (nSPS) is 10.3. The van der Waals surface area contributed by atoms with Crippen molar-refractivity contribution in [3.8, 4) is 5.75 Å². The number of rotatable bonds is 6. The maximum Gasteiger partial charge on any atom is 0.257 e. The van der Waals surface area contributed by atoms with Gasteiger partial charge in [0.2, 0.25) is 0 Å². The SMILES string of the molecule is CCc1cccc(C)c1NC(=O)c1cncc(Nc2ccc(OC)cc2)c1. The van der Waals surface area contributed by atoms with Crippen molar-refractivity contribution >= 4 is 23.0 Å². The molecule has 3 aromatic rings. The van der Waals surface area contributed by atoms with Crippen LogP contribution in [0.2, 0.25) is 0 Å². The van der Waals surface area contributed by atoms with Crippen molar-refractivity contribution in [1.29, 1.82) is 0 Å². The highest BCUT2D eigenvalue weighted by Crippen LogP contribution is 2.23. The lowest BCUT2D eigenvalue weighted by atomic mass is 10.1. The van der Waals surface area contributed by atoms with Crippen molar-refractivity contribution in [2.45, 2.75) is 20.3 Å². The van der Waals surface area contributed by atoms with Crippen molar-refractivity contribution in [3.63, 3.8) is 0 Å². The number of carbonyl (C=O) groups is 1. The van der Waals surface area contributed by atoms with Crippen LogP contribution in [0.25, 0.3) is 0 Å². The Hall–Kier alpha value is -3.34. The summed E-state index contributed by atoms with van der Waals surface area (Å²) in [5, 5.41) is 6.28. The van der Waals surface area contributed by atoms with Crippen LogP contribution in [0.1, 0.15) is 28.4 Å². The number of ether oxygens (including phenoxy) is 1. The molecule has 0 radical (unpaired) electrons. The molecule has 1 heterocycles. The number of hydrogen-bond acceptors (Lipinski definition) is 4. The second kappa shape index (κ2) is 8.36. The molecule has 5 nitrogen and oxygen atoms in total. The fourth-order valence-electron chi connectivity index (χ4n) is 2.86. The molecule has 0 bridgehead atoms. The van der Waals surface area contributed by atoms with Gasteiger partial charge >= 0.3 is 0 Å². The molecule has 0 atom stereocenters. The average Bonchev–Trinajstić information content (AvgIpc) is 2.70. The van der Waals surface area contributed by atoms with E-state index in [0.29, 0.717) is 5.56 Å². The summed E-state index contributed by atoms with van der Waals surface area (Å²) in [6, 6.07) is 15.4. The predicted molar refractivity (Wildman–Crippen MR) is 109 cm³/mol. The van der Waals surface area contributed by atoms with Gasteiger partial charge in [-0.25, -0.2) is 0 Å². The predicted octanol–water partition coefficient (Wildman–Crippen LogP) is 4.96. The number of anilines is 3. The van der Waals surface area contributed by atoms with Gasteiger partial charge in [0, 0.05) is 17.6 Å². The maximum absolute atomic E-state index is 12.7. The standard InChI is InChI=1S/C22H23N3O2/c1-4-16-7-5-6-15(2)21(16)25-22(26)17-12-19(14-23-13-17)24-18-8-10-20(27-3)11-9-18/h5-14,24H,4H2,1-3H3,(H,25,26). The number of benzene rings is 2. The van der Waals surface area contributed by atoms with E-state index >= 15 is 0 Å². The van der Waals surface area contributed by atoms with Gasteiger partial charge in [-0.3, -0.25) is 9.78 Å². The Bertz CT molecular complexity index is 937. The summed E-state index contributed by atoms with van der Waals surface area (Å²) in [6.07, 6.45) is 4.11. The van der Waals surface area contributed by atoms with Crippen molar-refractivity contribution < 1.29 is 9.53 Å². The monoisotopic (exact) mass is 361 g/mol. The molecular weight excluding hydrogens is 338 g/mol. The maximum atomic E-state index is 12.7. The molecule has 0 aliphatic heterocycles. The van der Waals surface area contributed by atoms with Gasteiger partial charge in [-0.1, -0.05) is 25.1 Å². The van der Waals surface area contributed by atoms with Crippen LogP contribution in [-0.4, -0.2) is 18.0 Å². The van der Waals surface area contributed by atoms with Crippen LogP contribution < -0.4 is 15.4 Å². The number of methoxy groups -OCH3 is 1. The number of carbonyl (C=O) groups excluding carboxylic acids is 1. The van der Waals surface area contributed by atoms with E-state index in [1.807, 2.05) is 49.4 Å². The van der Waals surface area contributed by atoms with E-state index in [0.717, 1.165) is 40.4 Å². The van der Waals surface area contributed by atoms with Crippen molar-refractivity contribution in [3.05, 3.63) is 77.6 Å². The van der Waals surface area contributed by atoms with Gasteiger partial charge in [0.05, 0.1) is 24.6 Å². The van der Waals surface area contributed by atoms with Crippen LogP contribution in [0.4, 0.5) is 17.1 Å². The number of aryl methyl sites for hydroxylation is 2. The Morgan fingerprint density at radius 3 is 2.56 bits per heavy atom. The molecule has 0 saturated heterocycles. The molecule has 5 heteroatoms. The second-order valence-electron chi connectivity index (χ2n) is 6.23. The average molecular weight is 361 g/mol. The molecule has 0 spiro atoms. The lowest BCUT2D eigenvalue weighted by molar-refractivity contribution is 0.102. The van der Waals surface area contributed by atoms with Gasteiger partial charge in [-0.2, -0.15) is 0 Å². The Morgan fingerprint density at radius 1 is 1.07 bits per heavy atom. The van der Waals surface area contributed by atoms with Gasteiger partial charge in [-0.15, -0.1) is 0 Å². The van der Waals surface area contributed by atoms with Crippen molar-refractivity contribution in [2.24, 2.45) is 0 Å². The second-order valence-corrected chi connectivity index (χ2v) is 6.23. The first-order chi connectivity index (χ1) is 13.1. The van der Waals surface area contributed by atoms with Crippen LogP contribution in [0.15, 0.2) is 60.9 Å². The minimum atomic E-state index is -0.176. The quantitative estimate of drug-likeness (QED) is 0.651. The van der Waals surface area contributed by atoms with Gasteiger partial charge in [0.15, 0.2) is 0 Å². The Morgan fingerprint density at radius 2 is 1.85 bits per heavy atom. The fraction of sp³-hybridized carbons (Fsp3) is 0.182.